The molecule has 0 spiro atoms. The summed E-state index contributed by atoms with van der Waals surface area (Å²) in [6, 6.07) is 2.38. The number of carbonyl (C=O) groups excluding carboxylic acids is 1. The summed E-state index contributed by atoms with van der Waals surface area (Å²) < 4.78 is 0. The number of hydrogen-bond donors (Lipinski definition) is 2. The highest BCUT2D eigenvalue weighted by atomic mass is 35.5. The zero-order valence-electron chi connectivity index (χ0n) is 14.8. The second-order valence-electron chi connectivity index (χ2n) is 7.08. The van der Waals surface area contributed by atoms with Crippen LogP contribution in [-0.4, -0.2) is 43.0 Å². The smallest absolute Gasteiger partial charge is 0.237 e. The lowest BCUT2D eigenvalue weighted by Gasteiger charge is -2.33. The molecular formula is C18H30ClN3OS. The predicted octanol–water partition coefficient (Wildman–Crippen LogP) is 2.87. The van der Waals surface area contributed by atoms with Gasteiger partial charge in [0.2, 0.25) is 5.91 Å². The summed E-state index contributed by atoms with van der Waals surface area (Å²) in [5.74, 6) is 0.790. The van der Waals surface area contributed by atoms with Gasteiger partial charge in [-0.3, -0.25) is 9.69 Å². The molecule has 1 aromatic rings. The van der Waals surface area contributed by atoms with Gasteiger partial charge in [0.1, 0.15) is 0 Å². The Morgan fingerprint density at radius 2 is 2.21 bits per heavy atom. The molecule has 0 aliphatic carbocycles. The predicted molar refractivity (Wildman–Crippen MR) is 103 cm³/mol. The number of nitrogens with zero attached hydrogens (tertiary/aromatic N) is 1. The molecule has 2 atom stereocenters. The van der Waals surface area contributed by atoms with Gasteiger partial charge in [-0.15, -0.1) is 23.7 Å². The van der Waals surface area contributed by atoms with Gasteiger partial charge in [0, 0.05) is 29.4 Å². The van der Waals surface area contributed by atoms with Crippen LogP contribution in [0.25, 0.3) is 0 Å². The monoisotopic (exact) mass is 371 g/mol. The van der Waals surface area contributed by atoms with Crippen LogP contribution in [0.1, 0.15) is 41.0 Å². The molecule has 3 rings (SSSR count). The number of likely N-dealkylation sites (tertiary alicyclic amines) is 1. The average Bonchev–Trinajstić information content (AvgIpc) is 3.16. The first-order valence-electron chi connectivity index (χ1n) is 8.91. The zero-order valence-corrected chi connectivity index (χ0v) is 16.4. The first-order valence-corrected chi connectivity index (χ1v) is 9.73. The van der Waals surface area contributed by atoms with E-state index >= 15 is 0 Å². The van der Waals surface area contributed by atoms with Gasteiger partial charge in [0.25, 0.3) is 0 Å². The summed E-state index contributed by atoms with van der Waals surface area (Å²) in [4.78, 5) is 17.5. The fraction of sp³-hybridized carbons (Fsp3) is 0.722. The summed E-state index contributed by atoms with van der Waals surface area (Å²) in [6.45, 7) is 9.57. The van der Waals surface area contributed by atoms with Gasteiger partial charge in [-0.05, 0) is 70.2 Å². The first kappa shape index (κ1) is 19.7. The van der Waals surface area contributed by atoms with Crippen LogP contribution in [0.3, 0.4) is 0 Å². The molecule has 136 valence electrons. The van der Waals surface area contributed by atoms with E-state index in [1.165, 1.54) is 34.7 Å². The third-order valence-electron chi connectivity index (χ3n) is 5.08. The van der Waals surface area contributed by atoms with Crippen molar-refractivity contribution in [3.05, 3.63) is 21.4 Å². The number of carbonyl (C=O) groups is 1. The minimum absolute atomic E-state index is 0. The molecule has 2 unspecified atom stereocenters. The highest BCUT2D eigenvalue weighted by Crippen LogP contribution is 2.24. The molecule has 1 aromatic heterocycles. The molecule has 0 saturated carbocycles. The molecule has 3 heterocycles. The maximum absolute atomic E-state index is 12.1. The maximum atomic E-state index is 12.1. The Bertz CT molecular complexity index is 542. The van der Waals surface area contributed by atoms with Crippen molar-refractivity contribution >= 4 is 29.7 Å². The van der Waals surface area contributed by atoms with E-state index in [0.29, 0.717) is 5.92 Å². The van der Waals surface area contributed by atoms with E-state index in [1.807, 2.05) is 11.3 Å². The molecule has 6 heteroatoms. The SMILES string of the molecule is Cc1cc(CN2CCCC(CNC(=O)C3CCCN3)C2)c(C)s1.Cl. The Hall–Kier alpha value is -0.620. The van der Waals surface area contributed by atoms with Crippen molar-refractivity contribution in [2.75, 3.05) is 26.2 Å². The van der Waals surface area contributed by atoms with Gasteiger partial charge >= 0.3 is 0 Å². The summed E-state index contributed by atoms with van der Waals surface area (Å²) in [5.41, 5.74) is 1.48. The van der Waals surface area contributed by atoms with Gasteiger partial charge in [0.15, 0.2) is 0 Å². The number of piperidine rings is 1. The van der Waals surface area contributed by atoms with Gasteiger partial charge in [-0.25, -0.2) is 0 Å². The van der Waals surface area contributed by atoms with Crippen LogP contribution in [0, 0.1) is 19.8 Å². The zero-order chi connectivity index (χ0) is 16.2. The van der Waals surface area contributed by atoms with Gasteiger partial charge in [-0.1, -0.05) is 0 Å². The molecule has 4 nitrogen and oxygen atoms in total. The highest BCUT2D eigenvalue weighted by molar-refractivity contribution is 7.12. The van der Waals surface area contributed by atoms with Crippen molar-refractivity contribution in [1.29, 1.82) is 0 Å². The lowest BCUT2D eigenvalue weighted by atomic mass is 9.97. The Morgan fingerprint density at radius 1 is 1.38 bits per heavy atom. The minimum Gasteiger partial charge on any atom is -0.354 e. The van der Waals surface area contributed by atoms with Crippen LogP contribution in [0.15, 0.2) is 6.07 Å². The van der Waals surface area contributed by atoms with E-state index in [1.54, 1.807) is 0 Å². The Morgan fingerprint density at radius 3 is 2.88 bits per heavy atom. The van der Waals surface area contributed by atoms with Crippen molar-refractivity contribution in [2.45, 2.75) is 52.1 Å². The molecule has 2 aliphatic heterocycles. The Balaban J connectivity index is 0.00000208. The van der Waals surface area contributed by atoms with Gasteiger partial charge < -0.3 is 10.6 Å². The molecule has 2 saturated heterocycles. The minimum atomic E-state index is 0. The van der Waals surface area contributed by atoms with Gasteiger partial charge in [-0.2, -0.15) is 0 Å². The van der Waals surface area contributed by atoms with Gasteiger partial charge in [0.05, 0.1) is 6.04 Å². The Labute approximate surface area is 155 Å². The molecule has 2 fully saturated rings. The van der Waals surface area contributed by atoms with E-state index in [9.17, 15) is 4.79 Å². The van der Waals surface area contributed by atoms with E-state index < -0.39 is 0 Å². The van der Waals surface area contributed by atoms with Crippen LogP contribution in [-0.2, 0) is 11.3 Å². The third kappa shape index (κ3) is 5.19. The quantitative estimate of drug-likeness (QED) is 0.836. The van der Waals surface area contributed by atoms with Crippen molar-refractivity contribution in [2.24, 2.45) is 5.92 Å². The third-order valence-corrected chi connectivity index (χ3v) is 6.09. The normalized spacial score (nSPS) is 24.6. The van der Waals surface area contributed by atoms with Crippen molar-refractivity contribution in [3.8, 4) is 0 Å². The van der Waals surface area contributed by atoms with E-state index in [-0.39, 0.29) is 24.4 Å². The lowest BCUT2D eigenvalue weighted by Crippen LogP contribution is -2.45. The average molecular weight is 372 g/mol. The van der Waals surface area contributed by atoms with Crippen LogP contribution < -0.4 is 10.6 Å². The molecule has 2 N–H and O–H groups in total. The molecule has 2 aliphatic rings. The summed E-state index contributed by atoms with van der Waals surface area (Å²) in [6.07, 6.45) is 4.58. The maximum Gasteiger partial charge on any atom is 0.237 e. The molecule has 24 heavy (non-hydrogen) atoms. The number of hydrogen-bond acceptors (Lipinski definition) is 4. The number of aryl methyl sites for hydroxylation is 2. The molecule has 0 radical (unpaired) electrons. The fourth-order valence-electron chi connectivity index (χ4n) is 3.82. The number of nitrogens with one attached hydrogen (secondary N) is 2. The highest BCUT2D eigenvalue weighted by Gasteiger charge is 2.24. The van der Waals surface area contributed by atoms with Crippen LogP contribution in [0.4, 0.5) is 0 Å². The Kier molecular flexibility index (Phi) is 7.54. The molecule has 1 amide bonds. The summed E-state index contributed by atoms with van der Waals surface area (Å²) >= 11 is 1.90. The number of rotatable bonds is 5. The van der Waals surface area contributed by atoms with E-state index in [0.717, 1.165) is 39.0 Å². The second kappa shape index (κ2) is 9.18. The number of thiophene rings is 1. The molecule has 0 bridgehead atoms. The number of amides is 1. The van der Waals surface area contributed by atoms with Crippen molar-refractivity contribution in [1.82, 2.24) is 15.5 Å². The largest absolute Gasteiger partial charge is 0.354 e. The standard InChI is InChI=1S/C18H29N3OS.ClH/c1-13-9-16(14(2)23-13)12-21-8-4-5-15(11-21)10-20-18(22)17-6-3-7-19-17;/h9,15,17,19H,3-8,10-12H2,1-2H3,(H,20,22);1H. The second-order valence-corrected chi connectivity index (χ2v) is 8.54. The van der Waals surface area contributed by atoms with Crippen LogP contribution in [0.5, 0.6) is 0 Å². The fourth-order valence-corrected chi connectivity index (χ4v) is 4.76. The van der Waals surface area contributed by atoms with Crippen LogP contribution >= 0.6 is 23.7 Å². The molecular weight excluding hydrogens is 342 g/mol. The van der Waals surface area contributed by atoms with E-state index in [4.69, 9.17) is 0 Å². The van der Waals surface area contributed by atoms with Crippen LogP contribution in [0.2, 0.25) is 0 Å². The number of halogens is 1. The topological polar surface area (TPSA) is 44.4 Å². The van der Waals surface area contributed by atoms with Crippen molar-refractivity contribution < 1.29 is 4.79 Å². The van der Waals surface area contributed by atoms with Crippen molar-refractivity contribution in [3.63, 3.8) is 0 Å². The molecule has 0 aromatic carbocycles. The lowest BCUT2D eigenvalue weighted by molar-refractivity contribution is -0.123. The van der Waals surface area contributed by atoms with E-state index in [2.05, 4.69) is 35.4 Å². The summed E-state index contributed by atoms with van der Waals surface area (Å²) in [7, 11) is 0. The summed E-state index contributed by atoms with van der Waals surface area (Å²) in [5, 5.41) is 6.44. The first-order chi connectivity index (χ1) is 11.1.